The summed E-state index contributed by atoms with van der Waals surface area (Å²) < 4.78 is 0. The van der Waals surface area contributed by atoms with Gasteiger partial charge in [-0.05, 0) is 67.0 Å². The van der Waals surface area contributed by atoms with Crippen LogP contribution in [0.15, 0.2) is 64.4 Å². The molecule has 0 unspecified atom stereocenters. The maximum Gasteiger partial charge on any atom is 0.251 e. The van der Waals surface area contributed by atoms with Crippen molar-refractivity contribution in [1.82, 2.24) is 0 Å². The molecule has 1 N–H and O–H groups in total. The van der Waals surface area contributed by atoms with Crippen LogP contribution in [0.5, 0.6) is 0 Å². The monoisotopic (exact) mass is 309 g/mol. The number of thioether (sulfide) groups is 1. The molecule has 2 aromatic carbocycles. The number of nitrogens with one attached hydrogen (secondary N) is 1. The molecule has 2 nitrogen and oxygen atoms in total. The average molecular weight is 309 g/mol. The van der Waals surface area contributed by atoms with E-state index in [-0.39, 0.29) is 5.91 Å². The second kappa shape index (κ2) is 6.84. The van der Waals surface area contributed by atoms with Crippen LogP contribution in [0, 0.1) is 0 Å². The Balaban J connectivity index is 1.63. The molecule has 0 bridgehead atoms. The van der Waals surface area contributed by atoms with Crippen LogP contribution in [-0.2, 0) is 17.6 Å². The number of benzene rings is 2. The van der Waals surface area contributed by atoms with E-state index in [9.17, 15) is 4.79 Å². The lowest BCUT2D eigenvalue weighted by atomic mass is 10.1. The predicted octanol–water partition coefficient (Wildman–Crippen LogP) is 4.81. The van der Waals surface area contributed by atoms with E-state index in [1.807, 2.05) is 48.7 Å². The van der Waals surface area contributed by atoms with Crippen molar-refractivity contribution in [3.63, 3.8) is 0 Å². The SMILES string of the molecule is CC(=CSc1ccccc1)C(=O)Nc1ccc2c(c1)CCC2. The van der Waals surface area contributed by atoms with Crippen molar-refractivity contribution in [2.75, 3.05) is 5.32 Å². The fraction of sp³-hybridized carbons (Fsp3) is 0.211. The highest BCUT2D eigenvalue weighted by molar-refractivity contribution is 8.02. The molecule has 3 heteroatoms. The van der Waals surface area contributed by atoms with Gasteiger partial charge in [-0.1, -0.05) is 36.0 Å². The van der Waals surface area contributed by atoms with Crippen LogP contribution in [0.2, 0.25) is 0 Å². The van der Waals surface area contributed by atoms with E-state index in [4.69, 9.17) is 0 Å². The molecule has 0 heterocycles. The smallest absolute Gasteiger partial charge is 0.251 e. The fourth-order valence-corrected chi connectivity index (χ4v) is 3.32. The Morgan fingerprint density at radius 1 is 1.09 bits per heavy atom. The van der Waals surface area contributed by atoms with Gasteiger partial charge in [0.1, 0.15) is 0 Å². The third-order valence-corrected chi connectivity index (χ3v) is 4.85. The fourth-order valence-electron chi connectivity index (χ4n) is 2.59. The first-order valence-electron chi connectivity index (χ1n) is 7.54. The molecule has 0 atom stereocenters. The number of fused-ring (bicyclic) bond motifs is 1. The Morgan fingerprint density at radius 3 is 2.68 bits per heavy atom. The van der Waals surface area contributed by atoms with Gasteiger partial charge in [0, 0.05) is 16.2 Å². The lowest BCUT2D eigenvalue weighted by molar-refractivity contribution is -0.112. The number of carbonyl (C=O) groups is 1. The van der Waals surface area contributed by atoms with E-state index in [2.05, 4.69) is 17.4 Å². The van der Waals surface area contributed by atoms with Crippen LogP contribution in [0.25, 0.3) is 0 Å². The van der Waals surface area contributed by atoms with E-state index < -0.39 is 0 Å². The summed E-state index contributed by atoms with van der Waals surface area (Å²) in [4.78, 5) is 13.4. The molecule has 112 valence electrons. The summed E-state index contributed by atoms with van der Waals surface area (Å²) in [7, 11) is 0. The molecular formula is C19H19NOS. The van der Waals surface area contributed by atoms with Gasteiger partial charge in [0.05, 0.1) is 0 Å². The first kappa shape index (κ1) is 14.9. The second-order valence-corrected chi connectivity index (χ2v) is 6.47. The molecule has 0 spiro atoms. The quantitative estimate of drug-likeness (QED) is 0.648. The molecule has 0 saturated heterocycles. The van der Waals surface area contributed by atoms with Crippen LogP contribution < -0.4 is 5.32 Å². The lowest BCUT2D eigenvalue weighted by Crippen LogP contribution is -2.12. The minimum Gasteiger partial charge on any atom is -0.322 e. The first-order chi connectivity index (χ1) is 10.7. The molecule has 0 aliphatic heterocycles. The van der Waals surface area contributed by atoms with Gasteiger partial charge >= 0.3 is 0 Å². The Labute approximate surface area is 135 Å². The number of aryl methyl sites for hydroxylation is 2. The molecule has 22 heavy (non-hydrogen) atoms. The number of hydrogen-bond acceptors (Lipinski definition) is 2. The van der Waals surface area contributed by atoms with E-state index in [1.165, 1.54) is 17.5 Å². The van der Waals surface area contributed by atoms with Gasteiger partial charge in [-0.15, -0.1) is 0 Å². The largest absolute Gasteiger partial charge is 0.322 e. The minimum atomic E-state index is -0.0404. The summed E-state index contributed by atoms with van der Waals surface area (Å²) in [5.74, 6) is -0.0404. The maximum atomic E-state index is 12.2. The Hall–Kier alpha value is -2.00. The molecule has 3 rings (SSSR count). The topological polar surface area (TPSA) is 29.1 Å². The molecule has 0 fully saturated rings. The third kappa shape index (κ3) is 3.60. The molecule has 2 aromatic rings. The standard InChI is InChI=1S/C19H19NOS/c1-14(13-22-18-8-3-2-4-9-18)19(21)20-17-11-10-15-6-5-7-16(15)12-17/h2-4,8-13H,5-7H2,1H3,(H,20,21). The number of amides is 1. The van der Waals surface area contributed by atoms with Crippen molar-refractivity contribution in [3.8, 4) is 0 Å². The van der Waals surface area contributed by atoms with Crippen LogP contribution in [0.1, 0.15) is 24.5 Å². The van der Waals surface area contributed by atoms with Gasteiger partial charge in [-0.25, -0.2) is 0 Å². The molecule has 1 amide bonds. The third-order valence-electron chi connectivity index (χ3n) is 3.83. The summed E-state index contributed by atoms with van der Waals surface area (Å²) in [5.41, 5.74) is 4.40. The number of anilines is 1. The molecule has 0 radical (unpaired) electrons. The van der Waals surface area contributed by atoms with Gasteiger partial charge in [0.2, 0.25) is 0 Å². The van der Waals surface area contributed by atoms with Gasteiger partial charge in [-0.2, -0.15) is 0 Å². The number of hydrogen-bond donors (Lipinski definition) is 1. The van der Waals surface area contributed by atoms with Crippen molar-refractivity contribution in [3.05, 3.63) is 70.6 Å². The van der Waals surface area contributed by atoms with Crippen LogP contribution in [0.3, 0.4) is 0 Å². The molecule has 1 aliphatic rings. The molecular weight excluding hydrogens is 290 g/mol. The van der Waals surface area contributed by atoms with Crippen molar-refractivity contribution >= 4 is 23.4 Å². The molecule has 0 saturated carbocycles. The zero-order valence-electron chi connectivity index (χ0n) is 12.6. The van der Waals surface area contributed by atoms with Gasteiger partial charge in [0.15, 0.2) is 0 Å². The summed E-state index contributed by atoms with van der Waals surface area (Å²) in [5, 5.41) is 4.89. The number of rotatable bonds is 4. The summed E-state index contributed by atoms with van der Waals surface area (Å²) in [6.45, 7) is 1.85. The first-order valence-corrected chi connectivity index (χ1v) is 8.42. The maximum absolute atomic E-state index is 12.2. The van der Waals surface area contributed by atoms with Crippen molar-refractivity contribution < 1.29 is 4.79 Å². The van der Waals surface area contributed by atoms with Crippen LogP contribution in [-0.4, -0.2) is 5.91 Å². The van der Waals surface area contributed by atoms with E-state index in [1.54, 1.807) is 11.8 Å². The minimum absolute atomic E-state index is 0.0404. The summed E-state index contributed by atoms with van der Waals surface area (Å²) >= 11 is 1.56. The van der Waals surface area contributed by atoms with Crippen molar-refractivity contribution in [2.24, 2.45) is 0 Å². The highest BCUT2D eigenvalue weighted by atomic mass is 32.2. The molecule has 0 aromatic heterocycles. The average Bonchev–Trinajstić information content (AvgIpc) is 3.01. The van der Waals surface area contributed by atoms with E-state index in [0.717, 1.165) is 23.4 Å². The summed E-state index contributed by atoms with van der Waals surface area (Å²) in [6, 6.07) is 16.3. The lowest BCUT2D eigenvalue weighted by Gasteiger charge is -2.08. The molecule has 1 aliphatic carbocycles. The Bertz CT molecular complexity index is 707. The summed E-state index contributed by atoms with van der Waals surface area (Å²) in [6.07, 6.45) is 3.51. The van der Waals surface area contributed by atoms with E-state index in [0.29, 0.717) is 5.57 Å². The van der Waals surface area contributed by atoms with Crippen LogP contribution in [0.4, 0.5) is 5.69 Å². The van der Waals surface area contributed by atoms with Gasteiger partial charge in [-0.3, -0.25) is 4.79 Å². The van der Waals surface area contributed by atoms with Crippen molar-refractivity contribution in [1.29, 1.82) is 0 Å². The zero-order valence-corrected chi connectivity index (χ0v) is 13.5. The van der Waals surface area contributed by atoms with Crippen molar-refractivity contribution in [2.45, 2.75) is 31.1 Å². The highest BCUT2D eigenvalue weighted by Crippen LogP contribution is 2.25. The van der Waals surface area contributed by atoms with E-state index >= 15 is 0 Å². The predicted molar refractivity (Wildman–Crippen MR) is 93.2 cm³/mol. The second-order valence-electron chi connectivity index (χ2n) is 5.52. The van der Waals surface area contributed by atoms with Gasteiger partial charge in [0.25, 0.3) is 5.91 Å². The Kier molecular flexibility index (Phi) is 4.64. The highest BCUT2D eigenvalue weighted by Gasteiger charge is 2.12. The normalized spacial score (nSPS) is 13.8. The van der Waals surface area contributed by atoms with Gasteiger partial charge < -0.3 is 5.32 Å². The zero-order chi connectivity index (χ0) is 15.4. The van der Waals surface area contributed by atoms with Crippen LogP contribution >= 0.6 is 11.8 Å². The Morgan fingerprint density at radius 2 is 1.86 bits per heavy atom. The number of carbonyl (C=O) groups excluding carboxylic acids is 1.